The molecule has 3 heteroatoms. The number of aryl methyl sites for hydroxylation is 1. The molecule has 0 aliphatic heterocycles. The second-order valence-electron chi connectivity index (χ2n) is 3.23. The van der Waals surface area contributed by atoms with Crippen molar-refractivity contribution in [2.45, 2.75) is 20.4 Å². The Balaban J connectivity index is 2.93. The largest absolute Gasteiger partial charge is 0.297 e. The molecule has 0 radical (unpaired) electrons. The Hall–Kier alpha value is -1.64. The number of hydrogen-bond acceptors (Lipinski definition) is 2. The average Bonchev–Trinajstić information content (AvgIpc) is 2.18. The lowest BCUT2D eigenvalue weighted by Crippen LogP contribution is -2.22. The number of nitrogens with zero attached hydrogens (tertiary/aromatic N) is 2. The van der Waals surface area contributed by atoms with Gasteiger partial charge in [-0.15, -0.1) is 0 Å². The molecule has 0 aliphatic carbocycles. The van der Waals surface area contributed by atoms with Gasteiger partial charge in [-0.25, -0.2) is 4.98 Å². The van der Waals surface area contributed by atoms with Gasteiger partial charge in [0.05, 0.1) is 10.9 Å². The van der Waals surface area contributed by atoms with Crippen LogP contribution in [-0.2, 0) is 6.54 Å². The summed E-state index contributed by atoms with van der Waals surface area (Å²) in [6, 6.07) is 7.44. The molecule has 1 heterocycles. The number of hydrogen-bond donors (Lipinski definition) is 0. The third-order valence-corrected chi connectivity index (χ3v) is 2.37. The van der Waals surface area contributed by atoms with Crippen LogP contribution in [0.2, 0.25) is 0 Å². The van der Waals surface area contributed by atoms with E-state index < -0.39 is 0 Å². The van der Waals surface area contributed by atoms with Crippen LogP contribution in [0, 0.1) is 6.92 Å². The number of para-hydroxylation sites is 1. The number of fused-ring (bicyclic) bond motifs is 1. The van der Waals surface area contributed by atoms with Crippen LogP contribution in [0.5, 0.6) is 0 Å². The summed E-state index contributed by atoms with van der Waals surface area (Å²) in [5.41, 5.74) is 0.829. The quantitative estimate of drug-likeness (QED) is 0.683. The first kappa shape index (κ1) is 8.94. The first-order chi connectivity index (χ1) is 6.74. The zero-order valence-electron chi connectivity index (χ0n) is 8.32. The Bertz CT molecular complexity index is 528. The van der Waals surface area contributed by atoms with Crippen LogP contribution in [0.3, 0.4) is 0 Å². The van der Waals surface area contributed by atoms with Gasteiger partial charge >= 0.3 is 0 Å². The third-order valence-electron chi connectivity index (χ3n) is 2.37. The van der Waals surface area contributed by atoms with E-state index in [-0.39, 0.29) is 5.56 Å². The van der Waals surface area contributed by atoms with Gasteiger partial charge in [-0.3, -0.25) is 9.36 Å². The van der Waals surface area contributed by atoms with Gasteiger partial charge in [-0.2, -0.15) is 0 Å². The number of aromatic nitrogens is 2. The molecule has 2 aromatic rings. The van der Waals surface area contributed by atoms with Crippen LogP contribution in [0.15, 0.2) is 29.1 Å². The minimum atomic E-state index is 0.0515. The molecule has 3 nitrogen and oxygen atoms in total. The van der Waals surface area contributed by atoms with Gasteiger partial charge in [0.2, 0.25) is 0 Å². The van der Waals surface area contributed by atoms with Crippen molar-refractivity contribution >= 4 is 10.9 Å². The van der Waals surface area contributed by atoms with E-state index in [9.17, 15) is 4.79 Å². The molecule has 0 unspecified atom stereocenters. The maximum absolute atomic E-state index is 11.9. The van der Waals surface area contributed by atoms with E-state index in [1.807, 2.05) is 38.1 Å². The van der Waals surface area contributed by atoms with E-state index in [0.717, 1.165) is 11.3 Å². The van der Waals surface area contributed by atoms with Gasteiger partial charge in [0, 0.05) is 6.54 Å². The summed E-state index contributed by atoms with van der Waals surface area (Å²) in [6.45, 7) is 4.48. The van der Waals surface area contributed by atoms with Crippen molar-refractivity contribution in [3.05, 3.63) is 40.4 Å². The molecule has 0 spiro atoms. The summed E-state index contributed by atoms with van der Waals surface area (Å²) >= 11 is 0. The molecule has 0 bridgehead atoms. The van der Waals surface area contributed by atoms with Gasteiger partial charge < -0.3 is 0 Å². The van der Waals surface area contributed by atoms with Crippen molar-refractivity contribution in [2.75, 3.05) is 0 Å². The van der Waals surface area contributed by atoms with E-state index in [1.54, 1.807) is 4.57 Å². The Morgan fingerprint density at radius 3 is 2.79 bits per heavy atom. The van der Waals surface area contributed by atoms with E-state index >= 15 is 0 Å². The van der Waals surface area contributed by atoms with Crippen LogP contribution >= 0.6 is 0 Å². The van der Waals surface area contributed by atoms with Crippen LogP contribution in [-0.4, -0.2) is 9.55 Å². The van der Waals surface area contributed by atoms with Crippen LogP contribution in [0.4, 0.5) is 0 Å². The van der Waals surface area contributed by atoms with E-state index in [2.05, 4.69) is 4.98 Å². The number of rotatable bonds is 1. The summed E-state index contributed by atoms with van der Waals surface area (Å²) in [5.74, 6) is 0.774. The zero-order valence-corrected chi connectivity index (χ0v) is 8.32. The Labute approximate surface area is 82.0 Å². The Kier molecular flexibility index (Phi) is 2.08. The molecule has 0 amide bonds. The molecule has 0 atom stereocenters. The lowest BCUT2D eigenvalue weighted by Gasteiger charge is -2.07. The van der Waals surface area contributed by atoms with E-state index in [0.29, 0.717) is 11.9 Å². The Morgan fingerprint density at radius 1 is 1.36 bits per heavy atom. The lowest BCUT2D eigenvalue weighted by molar-refractivity contribution is 0.685. The minimum absolute atomic E-state index is 0.0515. The van der Waals surface area contributed by atoms with Crippen LogP contribution < -0.4 is 5.56 Å². The first-order valence-electron chi connectivity index (χ1n) is 4.70. The molecular formula is C11H12N2O. The highest BCUT2D eigenvalue weighted by atomic mass is 16.1. The predicted octanol–water partition coefficient (Wildman–Crippen LogP) is 1.72. The van der Waals surface area contributed by atoms with Crippen molar-refractivity contribution < 1.29 is 0 Å². The van der Waals surface area contributed by atoms with Crippen LogP contribution in [0.1, 0.15) is 12.7 Å². The summed E-state index contributed by atoms with van der Waals surface area (Å²) in [7, 11) is 0. The number of benzene rings is 1. The van der Waals surface area contributed by atoms with Crippen molar-refractivity contribution in [2.24, 2.45) is 0 Å². The van der Waals surface area contributed by atoms with Gasteiger partial charge in [0.25, 0.3) is 5.56 Å². The standard InChI is InChI=1S/C11H12N2O/c1-3-13-8(2)12-10-7-5-4-6-9(10)11(13)14/h4-7H,3H2,1-2H3. The van der Waals surface area contributed by atoms with Gasteiger partial charge in [0.1, 0.15) is 5.82 Å². The fraction of sp³-hybridized carbons (Fsp3) is 0.273. The van der Waals surface area contributed by atoms with Gasteiger partial charge in [-0.1, -0.05) is 12.1 Å². The molecule has 0 N–H and O–H groups in total. The van der Waals surface area contributed by atoms with Crippen molar-refractivity contribution in [3.63, 3.8) is 0 Å². The predicted molar refractivity (Wildman–Crippen MR) is 56.4 cm³/mol. The third kappa shape index (κ3) is 1.21. The Morgan fingerprint density at radius 2 is 2.07 bits per heavy atom. The molecule has 2 rings (SSSR count). The second-order valence-corrected chi connectivity index (χ2v) is 3.23. The highest BCUT2D eigenvalue weighted by Gasteiger charge is 2.04. The fourth-order valence-corrected chi connectivity index (χ4v) is 1.65. The minimum Gasteiger partial charge on any atom is -0.297 e. The zero-order chi connectivity index (χ0) is 10.1. The van der Waals surface area contributed by atoms with Crippen molar-refractivity contribution in [1.29, 1.82) is 0 Å². The molecule has 0 aliphatic rings. The first-order valence-corrected chi connectivity index (χ1v) is 4.70. The van der Waals surface area contributed by atoms with Crippen molar-refractivity contribution in [1.82, 2.24) is 9.55 Å². The molecule has 14 heavy (non-hydrogen) atoms. The van der Waals surface area contributed by atoms with Gasteiger partial charge in [0.15, 0.2) is 0 Å². The summed E-state index contributed by atoms with van der Waals surface area (Å²) in [6.07, 6.45) is 0. The maximum atomic E-state index is 11.9. The van der Waals surface area contributed by atoms with E-state index in [4.69, 9.17) is 0 Å². The molecular weight excluding hydrogens is 176 g/mol. The lowest BCUT2D eigenvalue weighted by atomic mass is 10.2. The highest BCUT2D eigenvalue weighted by molar-refractivity contribution is 5.77. The molecule has 72 valence electrons. The second kappa shape index (κ2) is 3.25. The topological polar surface area (TPSA) is 34.9 Å². The molecule has 0 saturated carbocycles. The smallest absolute Gasteiger partial charge is 0.261 e. The molecule has 0 fully saturated rings. The summed E-state index contributed by atoms with van der Waals surface area (Å²) in [4.78, 5) is 16.3. The summed E-state index contributed by atoms with van der Waals surface area (Å²) < 4.78 is 1.68. The highest BCUT2D eigenvalue weighted by Crippen LogP contribution is 2.06. The van der Waals surface area contributed by atoms with Gasteiger partial charge in [-0.05, 0) is 26.0 Å². The van der Waals surface area contributed by atoms with E-state index in [1.165, 1.54) is 0 Å². The molecule has 1 aromatic carbocycles. The summed E-state index contributed by atoms with van der Waals surface area (Å²) in [5, 5.41) is 0.694. The average molecular weight is 188 g/mol. The maximum Gasteiger partial charge on any atom is 0.261 e. The fourth-order valence-electron chi connectivity index (χ4n) is 1.65. The van der Waals surface area contributed by atoms with Crippen LogP contribution in [0.25, 0.3) is 10.9 Å². The SMILES string of the molecule is CCn1c(C)nc2ccccc2c1=O. The molecule has 0 saturated heterocycles. The van der Waals surface area contributed by atoms with Crippen molar-refractivity contribution in [3.8, 4) is 0 Å². The normalized spacial score (nSPS) is 10.7. The molecule has 1 aromatic heterocycles. The monoisotopic (exact) mass is 188 g/mol.